The molecule has 0 heterocycles. The lowest BCUT2D eigenvalue weighted by Gasteiger charge is -2.16. The van der Waals surface area contributed by atoms with E-state index in [0.29, 0.717) is 36.0 Å². The highest BCUT2D eigenvalue weighted by atomic mass is 16.5. The van der Waals surface area contributed by atoms with Crippen molar-refractivity contribution in [1.82, 2.24) is 5.32 Å². The van der Waals surface area contributed by atoms with Crippen LogP contribution in [0.25, 0.3) is 0 Å². The average Bonchev–Trinajstić information content (AvgIpc) is 2.74. The standard InChI is InChI=1S/C22H26N2O6/c1-4-28-17-12-10-16(11-13-17)22(27)23-14-20(25)30-15(3)21(26)24-18-8-6-7-9-19(18)29-5-2/h6-13,15H,4-5,14H2,1-3H3,(H,23,27)(H,24,26). The van der Waals surface area contributed by atoms with Gasteiger partial charge in [0.25, 0.3) is 11.8 Å². The maximum absolute atomic E-state index is 12.3. The Bertz CT molecular complexity index is 866. The summed E-state index contributed by atoms with van der Waals surface area (Å²) >= 11 is 0. The van der Waals surface area contributed by atoms with E-state index < -0.39 is 23.9 Å². The fraction of sp³-hybridized carbons (Fsp3) is 0.318. The van der Waals surface area contributed by atoms with E-state index >= 15 is 0 Å². The highest BCUT2D eigenvalue weighted by Crippen LogP contribution is 2.23. The molecule has 2 N–H and O–H groups in total. The van der Waals surface area contributed by atoms with Crippen molar-refractivity contribution in [3.05, 3.63) is 54.1 Å². The molecule has 2 aromatic carbocycles. The van der Waals surface area contributed by atoms with Gasteiger partial charge in [-0.25, -0.2) is 0 Å². The van der Waals surface area contributed by atoms with Gasteiger partial charge in [-0.15, -0.1) is 0 Å². The molecule has 0 bridgehead atoms. The van der Waals surface area contributed by atoms with Crippen LogP contribution in [0.1, 0.15) is 31.1 Å². The molecule has 2 aromatic rings. The van der Waals surface area contributed by atoms with Crippen molar-refractivity contribution in [2.24, 2.45) is 0 Å². The van der Waals surface area contributed by atoms with Crippen LogP contribution >= 0.6 is 0 Å². The van der Waals surface area contributed by atoms with Gasteiger partial charge in [-0.3, -0.25) is 14.4 Å². The lowest BCUT2D eigenvalue weighted by molar-refractivity contribution is -0.152. The summed E-state index contributed by atoms with van der Waals surface area (Å²) in [5.41, 5.74) is 0.862. The number of esters is 1. The van der Waals surface area contributed by atoms with Crippen LogP contribution in [-0.4, -0.2) is 43.6 Å². The van der Waals surface area contributed by atoms with Gasteiger partial charge < -0.3 is 24.8 Å². The summed E-state index contributed by atoms with van der Waals surface area (Å²) in [6, 6.07) is 13.5. The van der Waals surface area contributed by atoms with Gasteiger partial charge in [0.15, 0.2) is 6.10 Å². The van der Waals surface area contributed by atoms with E-state index in [1.54, 1.807) is 48.5 Å². The van der Waals surface area contributed by atoms with Gasteiger partial charge in [0.2, 0.25) is 0 Å². The lowest BCUT2D eigenvalue weighted by atomic mass is 10.2. The van der Waals surface area contributed by atoms with Crippen molar-refractivity contribution in [1.29, 1.82) is 0 Å². The SMILES string of the molecule is CCOc1ccc(C(=O)NCC(=O)OC(C)C(=O)Nc2ccccc2OCC)cc1. The summed E-state index contributed by atoms with van der Waals surface area (Å²) in [4.78, 5) is 36.4. The number of ether oxygens (including phenoxy) is 3. The summed E-state index contributed by atoms with van der Waals surface area (Å²) in [5.74, 6) is -0.491. The highest BCUT2D eigenvalue weighted by Gasteiger charge is 2.19. The van der Waals surface area contributed by atoms with Gasteiger partial charge in [-0.2, -0.15) is 0 Å². The molecule has 160 valence electrons. The molecule has 2 amide bonds. The Kier molecular flexibility index (Phi) is 8.68. The third-order valence-corrected chi connectivity index (χ3v) is 3.94. The predicted octanol–water partition coefficient (Wildman–Crippen LogP) is 2.78. The first-order valence-corrected chi connectivity index (χ1v) is 9.67. The second-order valence-corrected chi connectivity index (χ2v) is 6.19. The summed E-state index contributed by atoms with van der Waals surface area (Å²) in [6.45, 7) is 5.77. The van der Waals surface area contributed by atoms with Gasteiger partial charge >= 0.3 is 5.97 Å². The number of hydrogen-bond donors (Lipinski definition) is 2. The van der Waals surface area contributed by atoms with Gasteiger partial charge in [-0.05, 0) is 57.2 Å². The molecular formula is C22H26N2O6. The van der Waals surface area contributed by atoms with Crippen molar-refractivity contribution in [3.63, 3.8) is 0 Å². The Morgan fingerprint density at radius 3 is 2.27 bits per heavy atom. The number of carbonyl (C=O) groups is 3. The molecule has 8 heteroatoms. The number of para-hydroxylation sites is 2. The molecule has 0 saturated carbocycles. The predicted molar refractivity (Wildman–Crippen MR) is 112 cm³/mol. The third-order valence-electron chi connectivity index (χ3n) is 3.94. The number of anilines is 1. The molecule has 8 nitrogen and oxygen atoms in total. The molecule has 1 atom stereocenters. The van der Waals surface area contributed by atoms with Crippen LogP contribution in [0.4, 0.5) is 5.69 Å². The number of rotatable bonds is 10. The zero-order valence-corrected chi connectivity index (χ0v) is 17.3. The van der Waals surface area contributed by atoms with E-state index in [-0.39, 0.29) is 6.54 Å². The summed E-state index contributed by atoms with van der Waals surface area (Å²) in [5, 5.41) is 5.13. The van der Waals surface area contributed by atoms with Crippen molar-refractivity contribution in [2.45, 2.75) is 26.9 Å². The average molecular weight is 414 g/mol. The van der Waals surface area contributed by atoms with E-state index in [9.17, 15) is 14.4 Å². The minimum Gasteiger partial charge on any atom is -0.494 e. The highest BCUT2D eigenvalue weighted by molar-refractivity contribution is 5.98. The van der Waals surface area contributed by atoms with Gasteiger partial charge in [0.05, 0.1) is 18.9 Å². The van der Waals surface area contributed by atoms with Crippen LogP contribution < -0.4 is 20.1 Å². The van der Waals surface area contributed by atoms with Crippen LogP contribution in [-0.2, 0) is 14.3 Å². The minimum atomic E-state index is -1.05. The maximum atomic E-state index is 12.3. The van der Waals surface area contributed by atoms with E-state index in [1.807, 2.05) is 13.8 Å². The molecule has 0 fully saturated rings. The maximum Gasteiger partial charge on any atom is 0.326 e. The van der Waals surface area contributed by atoms with Crippen molar-refractivity contribution in [3.8, 4) is 11.5 Å². The van der Waals surface area contributed by atoms with Gasteiger partial charge in [0.1, 0.15) is 18.0 Å². The molecule has 0 saturated heterocycles. The van der Waals surface area contributed by atoms with E-state index in [0.717, 1.165) is 0 Å². The number of nitrogens with one attached hydrogen (secondary N) is 2. The normalized spacial score (nSPS) is 11.2. The molecule has 1 unspecified atom stereocenters. The Balaban J connectivity index is 1.82. The van der Waals surface area contributed by atoms with Gasteiger partial charge in [0, 0.05) is 5.56 Å². The first kappa shape index (κ1) is 22.7. The van der Waals surface area contributed by atoms with E-state index in [4.69, 9.17) is 14.2 Å². The van der Waals surface area contributed by atoms with Crippen LogP contribution in [0.2, 0.25) is 0 Å². The fourth-order valence-electron chi connectivity index (χ4n) is 2.50. The summed E-state index contributed by atoms with van der Waals surface area (Å²) in [7, 11) is 0. The van der Waals surface area contributed by atoms with Crippen LogP contribution in [0, 0.1) is 0 Å². The topological polar surface area (TPSA) is 103 Å². The van der Waals surface area contributed by atoms with Crippen molar-refractivity contribution < 1.29 is 28.6 Å². The van der Waals surface area contributed by atoms with Crippen LogP contribution in [0.5, 0.6) is 11.5 Å². The third kappa shape index (κ3) is 6.80. The summed E-state index contributed by atoms with van der Waals surface area (Å²) in [6.07, 6.45) is -1.05. The molecule has 30 heavy (non-hydrogen) atoms. The second kappa shape index (κ2) is 11.5. The van der Waals surface area contributed by atoms with Crippen LogP contribution in [0.3, 0.4) is 0 Å². The Labute approximate surface area is 175 Å². The fourth-order valence-corrected chi connectivity index (χ4v) is 2.50. The first-order chi connectivity index (χ1) is 14.4. The minimum absolute atomic E-state index is 0.362. The zero-order valence-electron chi connectivity index (χ0n) is 17.3. The number of carbonyl (C=O) groups excluding carboxylic acids is 3. The van der Waals surface area contributed by atoms with Gasteiger partial charge in [-0.1, -0.05) is 12.1 Å². The second-order valence-electron chi connectivity index (χ2n) is 6.19. The molecule has 2 rings (SSSR count). The molecular weight excluding hydrogens is 388 g/mol. The number of hydrogen-bond acceptors (Lipinski definition) is 6. The lowest BCUT2D eigenvalue weighted by Crippen LogP contribution is -2.35. The van der Waals surface area contributed by atoms with Crippen LogP contribution in [0.15, 0.2) is 48.5 Å². The zero-order chi connectivity index (χ0) is 21.9. The first-order valence-electron chi connectivity index (χ1n) is 9.67. The molecule has 0 radical (unpaired) electrons. The monoisotopic (exact) mass is 414 g/mol. The quantitative estimate of drug-likeness (QED) is 0.580. The van der Waals surface area contributed by atoms with E-state index in [1.165, 1.54) is 6.92 Å². The van der Waals surface area contributed by atoms with Crippen molar-refractivity contribution in [2.75, 3.05) is 25.1 Å². The Morgan fingerprint density at radius 2 is 1.60 bits per heavy atom. The molecule has 0 aromatic heterocycles. The number of benzene rings is 2. The van der Waals surface area contributed by atoms with E-state index in [2.05, 4.69) is 10.6 Å². The molecule has 0 spiro atoms. The summed E-state index contributed by atoms with van der Waals surface area (Å²) < 4.78 is 15.9. The van der Waals surface area contributed by atoms with Crippen molar-refractivity contribution >= 4 is 23.5 Å². The molecule has 0 aliphatic heterocycles. The Morgan fingerprint density at radius 1 is 0.933 bits per heavy atom. The largest absolute Gasteiger partial charge is 0.494 e. The Hall–Kier alpha value is -3.55. The molecule has 0 aliphatic carbocycles. The smallest absolute Gasteiger partial charge is 0.326 e. The number of amides is 2. The molecule has 0 aliphatic rings.